The van der Waals surface area contributed by atoms with Gasteiger partial charge in [0.25, 0.3) is 5.91 Å². The van der Waals surface area contributed by atoms with E-state index in [1.807, 2.05) is 0 Å². The van der Waals surface area contributed by atoms with Crippen LogP contribution in [0.4, 0.5) is 5.69 Å². The average molecular weight is 388 g/mol. The molecule has 0 radical (unpaired) electrons. The van der Waals surface area contributed by atoms with Crippen molar-refractivity contribution < 1.29 is 14.3 Å². The maximum absolute atomic E-state index is 12.7. The molecule has 0 saturated carbocycles. The first-order chi connectivity index (χ1) is 13.0. The molecular formula is C16H14ClN7O3. The number of ether oxygens (including phenoxy) is 2. The number of carbonyl (C=O) groups excluding carboxylic acids is 1. The van der Waals surface area contributed by atoms with Gasteiger partial charge in [-0.1, -0.05) is 16.7 Å². The highest BCUT2D eigenvalue weighted by atomic mass is 35.5. The van der Waals surface area contributed by atoms with Crippen molar-refractivity contribution in [3.8, 4) is 11.9 Å². The molecule has 0 fully saturated rings. The Morgan fingerprint density at radius 2 is 2.07 bits per heavy atom. The van der Waals surface area contributed by atoms with Gasteiger partial charge in [-0.15, -0.1) is 0 Å². The van der Waals surface area contributed by atoms with Crippen LogP contribution in [0, 0.1) is 0 Å². The number of nitrogens with zero attached hydrogens (tertiary/aromatic N) is 7. The molecule has 2 aromatic rings. The van der Waals surface area contributed by atoms with E-state index in [2.05, 4.69) is 25.0 Å². The SMILES string of the molecule is COc1ncc(C2=NC(N=[N+]=[N-])C(=O)N(C)c3ccc(Cl)cc32)c(OC)n1. The Bertz CT molecular complexity index is 988. The van der Waals surface area contributed by atoms with E-state index in [4.69, 9.17) is 26.6 Å². The van der Waals surface area contributed by atoms with E-state index in [-0.39, 0.29) is 11.9 Å². The number of likely N-dealkylation sites (N-methyl/N-ethyl adjacent to an activating group) is 1. The molecule has 0 spiro atoms. The maximum Gasteiger partial charge on any atom is 0.319 e. The summed E-state index contributed by atoms with van der Waals surface area (Å²) in [6.07, 6.45) is 0.157. The molecule has 1 unspecified atom stereocenters. The molecule has 0 bridgehead atoms. The third kappa shape index (κ3) is 3.35. The fourth-order valence-electron chi connectivity index (χ4n) is 2.64. The van der Waals surface area contributed by atoms with Crippen molar-refractivity contribution in [2.45, 2.75) is 6.17 Å². The van der Waals surface area contributed by atoms with E-state index in [1.165, 1.54) is 25.3 Å². The van der Waals surface area contributed by atoms with Crippen molar-refractivity contribution in [3.63, 3.8) is 0 Å². The molecule has 2 heterocycles. The maximum atomic E-state index is 12.7. The van der Waals surface area contributed by atoms with Crippen molar-refractivity contribution in [3.05, 3.63) is 51.0 Å². The second kappa shape index (κ2) is 7.48. The fourth-order valence-corrected chi connectivity index (χ4v) is 2.81. The van der Waals surface area contributed by atoms with Gasteiger partial charge < -0.3 is 14.4 Å². The number of hydrogen-bond acceptors (Lipinski definition) is 7. The molecular weight excluding hydrogens is 374 g/mol. The van der Waals surface area contributed by atoms with Crippen LogP contribution in [0.1, 0.15) is 11.1 Å². The first-order valence-electron chi connectivity index (χ1n) is 7.65. The summed E-state index contributed by atoms with van der Waals surface area (Å²) in [4.78, 5) is 29.3. The van der Waals surface area contributed by atoms with Gasteiger partial charge in [0.2, 0.25) is 12.0 Å². The number of amides is 1. The second-order valence-electron chi connectivity index (χ2n) is 5.39. The topological polar surface area (TPSA) is 126 Å². The molecule has 0 aliphatic carbocycles. The fraction of sp³-hybridized carbons (Fsp3) is 0.250. The summed E-state index contributed by atoms with van der Waals surface area (Å²) in [5.41, 5.74) is 10.6. The van der Waals surface area contributed by atoms with Crippen LogP contribution in [0.15, 0.2) is 34.5 Å². The van der Waals surface area contributed by atoms with Crippen LogP contribution >= 0.6 is 11.6 Å². The minimum Gasteiger partial charge on any atom is -0.480 e. The van der Waals surface area contributed by atoms with E-state index in [0.29, 0.717) is 27.5 Å². The third-order valence-electron chi connectivity index (χ3n) is 3.90. The summed E-state index contributed by atoms with van der Waals surface area (Å²) in [6, 6.07) is 5.09. The van der Waals surface area contributed by atoms with Gasteiger partial charge in [-0.3, -0.25) is 9.79 Å². The number of methoxy groups -OCH3 is 2. The van der Waals surface area contributed by atoms with E-state index in [1.54, 1.807) is 25.2 Å². The smallest absolute Gasteiger partial charge is 0.319 e. The molecule has 1 aromatic heterocycles. The summed E-state index contributed by atoms with van der Waals surface area (Å²) < 4.78 is 10.3. The first kappa shape index (κ1) is 18.4. The van der Waals surface area contributed by atoms with Gasteiger partial charge in [0.05, 0.1) is 31.2 Å². The Morgan fingerprint density at radius 1 is 1.30 bits per heavy atom. The number of benzodiazepines with no additional fused rings is 1. The van der Waals surface area contributed by atoms with Gasteiger partial charge in [0.1, 0.15) is 0 Å². The van der Waals surface area contributed by atoms with Crippen LogP contribution in [0.25, 0.3) is 10.4 Å². The highest BCUT2D eigenvalue weighted by molar-refractivity contribution is 6.32. The van der Waals surface area contributed by atoms with E-state index in [9.17, 15) is 4.79 Å². The molecule has 1 aliphatic rings. The summed E-state index contributed by atoms with van der Waals surface area (Å²) >= 11 is 6.16. The lowest BCUT2D eigenvalue weighted by molar-refractivity contribution is -0.119. The van der Waals surface area contributed by atoms with Crippen LogP contribution in [-0.2, 0) is 4.79 Å². The Hall–Kier alpha value is -3.36. The predicted octanol–water partition coefficient (Wildman–Crippen LogP) is 2.60. The van der Waals surface area contributed by atoms with Gasteiger partial charge in [-0.2, -0.15) is 4.98 Å². The summed E-state index contributed by atoms with van der Waals surface area (Å²) in [5.74, 6) is -0.303. The molecule has 138 valence electrons. The number of halogens is 1. The number of anilines is 1. The largest absolute Gasteiger partial charge is 0.480 e. The summed E-state index contributed by atoms with van der Waals surface area (Å²) in [6.45, 7) is 0. The molecule has 3 rings (SSSR count). The average Bonchev–Trinajstić information content (AvgIpc) is 2.78. The zero-order valence-corrected chi connectivity index (χ0v) is 15.4. The molecule has 1 aromatic carbocycles. The Labute approximate surface area is 159 Å². The quantitative estimate of drug-likeness (QED) is 0.452. The van der Waals surface area contributed by atoms with E-state index >= 15 is 0 Å². The van der Waals surface area contributed by atoms with Crippen molar-refractivity contribution in [1.29, 1.82) is 0 Å². The molecule has 1 atom stereocenters. The van der Waals surface area contributed by atoms with Crippen LogP contribution in [0.3, 0.4) is 0 Å². The summed E-state index contributed by atoms with van der Waals surface area (Å²) in [7, 11) is 4.43. The number of fused-ring (bicyclic) bond motifs is 1. The lowest BCUT2D eigenvalue weighted by Gasteiger charge is -2.19. The Kier molecular flexibility index (Phi) is 5.11. The zero-order valence-electron chi connectivity index (χ0n) is 14.6. The lowest BCUT2D eigenvalue weighted by Crippen LogP contribution is -2.33. The van der Waals surface area contributed by atoms with Crippen LogP contribution in [0.5, 0.6) is 11.9 Å². The molecule has 27 heavy (non-hydrogen) atoms. The second-order valence-corrected chi connectivity index (χ2v) is 5.83. The van der Waals surface area contributed by atoms with Gasteiger partial charge in [0, 0.05) is 28.7 Å². The molecule has 1 aliphatic heterocycles. The van der Waals surface area contributed by atoms with Crippen molar-refractivity contribution in [2.75, 3.05) is 26.2 Å². The monoisotopic (exact) mass is 387 g/mol. The number of rotatable bonds is 4. The van der Waals surface area contributed by atoms with Gasteiger partial charge in [-0.25, -0.2) is 4.98 Å². The Morgan fingerprint density at radius 3 is 2.74 bits per heavy atom. The normalized spacial score (nSPS) is 16.0. The number of carbonyl (C=O) groups is 1. The van der Waals surface area contributed by atoms with Crippen LogP contribution in [0.2, 0.25) is 5.02 Å². The number of azide groups is 1. The van der Waals surface area contributed by atoms with Crippen LogP contribution < -0.4 is 14.4 Å². The minimum absolute atomic E-state index is 0.107. The lowest BCUT2D eigenvalue weighted by atomic mass is 10.0. The molecule has 1 amide bonds. The van der Waals surface area contributed by atoms with Gasteiger partial charge in [-0.05, 0) is 23.7 Å². The molecule has 0 saturated heterocycles. The first-order valence-corrected chi connectivity index (χ1v) is 8.02. The third-order valence-corrected chi connectivity index (χ3v) is 4.14. The van der Waals surface area contributed by atoms with Crippen molar-refractivity contribution in [2.24, 2.45) is 10.1 Å². The van der Waals surface area contributed by atoms with Crippen molar-refractivity contribution in [1.82, 2.24) is 9.97 Å². The Balaban J connectivity index is 2.32. The van der Waals surface area contributed by atoms with Crippen LogP contribution in [-0.4, -0.2) is 49.0 Å². The molecule has 11 heteroatoms. The van der Waals surface area contributed by atoms with E-state index < -0.39 is 12.1 Å². The standard InChI is InChI=1S/C16H14ClN7O3/c1-24-11-5-4-8(17)6-9(11)12(20-13(15(24)25)22-23-18)10-7-19-16(27-3)21-14(10)26-2/h4-7,13H,1-3H3. The predicted molar refractivity (Wildman–Crippen MR) is 98.6 cm³/mol. The minimum atomic E-state index is -1.30. The number of hydrogen-bond donors (Lipinski definition) is 0. The highest BCUT2D eigenvalue weighted by Crippen LogP contribution is 2.32. The van der Waals surface area contributed by atoms with Gasteiger partial charge >= 0.3 is 6.01 Å². The summed E-state index contributed by atoms with van der Waals surface area (Å²) in [5, 5.41) is 3.95. The molecule has 10 nitrogen and oxygen atoms in total. The van der Waals surface area contributed by atoms with Crippen molar-refractivity contribution >= 4 is 28.9 Å². The number of benzene rings is 1. The van der Waals surface area contributed by atoms with E-state index in [0.717, 1.165) is 0 Å². The number of aromatic nitrogens is 2. The number of aliphatic imine (C=N–C) groups is 1. The zero-order chi connectivity index (χ0) is 19.6. The van der Waals surface area contributed by atoms with Gasteiger partial charge in [0.15, 0.2) is 0 Å². The highest BCUT2D eigenvalue weighted by Gasteiger charge is 2.31. The molecule has 0 N–H and O–H groups in total.